The molecule has 26 heavy (non-hydrogen) atoms. The van der Waals surface area contributed by atoms with Crippen molar-refractivity contribution in [2.24, 2.45) is 14.1 Å². The summed E-state index contributed by atoms with van der Waals surface area (Å²) in [7, 11) is 3.00. The van der Waals surface area contributed by atoms with Crippen molar-refractivity contribution >= 4 is 5.82 Å². The topological polar surface area (TPSA) is 102 Å². The molecule has 0 N–H and O–H groups in total. The Morgan fingerprint density at radius 1 is 1.19 bits per heavy atom. The first-order valence-corrected chi connectivity index (χ1v) is 8.87. The summed E-state index contributed by atoms with van der Waals surface area (Å²) in [5.41, 5.74) is -0.958. The summed E-state index contributed by atoms with van der Waals surface area (Å²) >= 11 is 0. The molecule has 136 valence electrons. The molecule has 1 aliphatic carbocycles. The van der Waals surface area contributed by atoms with Crippen LogP contribution in [0.2, 0.25) is 0 Å². The monoisotopic (exact) mass is 355 g/mol. The molecular formula is C17H21N7O2. The Bertz CT molecular complexity index is 1010. The van der Waals surface area contributed by atoms with Crippen molar-refractivity contribution in [3.8, 4) is 6.07 Å². The molecule has 1 unspecified atom stereocenters. The molecule has 0 amide bonds. The van der Waals surface area contributed by atoms with Crippen LogP contribution >= 0.6 is 0 Å². The van der Waals surface area contributed by atoms with E-state index in [-0.39, 0.29) is 11.5 Å². The van der Waals surface area contributed by atoms with Gasteiger partial charge in [0.25, 0.3) is 5.56 Å². The van der Waals surface area contributed by atoms with Gasteiger partial charge in [0.1, 0.15) is 24.0 Å². The predicted octanol–water partition coefficient (Wildman–Crippen LogP) is 0.266. The van der Waals surface area contributed by atoms with Gasteiger partial charge in [0.15, 0.2) is 5.56 Å². The zero-order valence-corrected chi connectivity index (χ0v) is 14.9. The van der Waals surface area contributed by atoms with E-state index in [9.17, 15) is 14.9 Å². The Hall–Kier alpha value is -2.89. The molecule has 0 aromatic carbocycles. The number of piperidine rings is 1. The minimum Gasteiger partial charge on any atom is -0.356 e. The van der Waals surface area contributed by atoms with Crippen LogP contribution in [0.25, 0.3) is 0 Å². The molecule has 1 saturated heterocycles. The molecule has 2 aliphatic rings. The highest BCUT2D eigenvalue weighted by Crippen LogP contribution is 2.38. The normalized spacial score (nSPS) is 20.2. The average Bonchev–Trinajstić information content (AvgIpc) is 3.39. The number of nitriles is 1. The molecule has 0 spiro atoms. The number of hydrogen-bond donors (Lipinski definition) is 0. The van der Waals surface area contributed by atoms with Crippen LogP contribution in [0.1, 0.15) is 49.0 Å². The van der Waals surface area contributed by atoms with Crippen LogP contribution in [0, 0.1) is 11.3 Å². The highest BCUT2D eigenvalue weighted by molar-refractivity contribution is 5.54. The molecule has 3 heterocycles. The van der Waals surface area contributed by atoms with Gasteiger partial charge >= 0.3 is 5.69 Å². The van der Waals surface area contributed by atoms with Gasteiger partial charge in [0, 0.05) is 39.1 Å². The van der Waals surface area contributed by atoms with Gasteiger partial charge in [-0.1, -0.05) is 0 Å². The zero-order chi connectivity index (χ0) is 18.4. The SMILES string of the molecule is Cn1c(N2CCCC(c3nncn3C3CC3)C2)c(C#N)c(=O)n(C)c1=O. The van der Waals surface area contributed by atoms with Gasteiger partial charge in [-0.15, -0.1) is 10.2 Å². The van der Waals surface area contributed by atoms with Gasteiger partial charge in [-0.25, -0.2) is 4.79 Å². The predicted molar refractivity (Wildman–Crippen MR) is 94.1 cm³/mol. The van der Waals surface area contributed by atoms with E-state index in [4.69, 9.17) is 0 Å². The Morgan fingerprint density at radius 2 is 1.96 bits per heavy atom. The maximum atomic E-state index is 12.4. The van der Waals surface area contributed by atoms with Crippen molar-refractivity contribution in [2.75, 3.05) is 18.0 Å². The summed E-state index contributed by atoms with van der Waals surface area (Å²) in [6.07, 6.45) is 5.98. The van der Waals surface area contributed by atoms with Gasteiger partial charge in [-0.2, -0.15) is 5.26 Å². The highest BCUT2D eigenvalue weighted by Gasteiger charge is 2.33. The lowest BCUT2D eigenvalue weighted by molar-refractivity contribution is 0.463. The number of anilines is 1. The number of rotatable bonds is 3. The fourth-order valence-electron chi connectivity index (χ4n) is 3.86. The van der Waals surface area contributed by atoms with Crippen LogP contribution < -0.4 is 16.1 Å². The first kappa shape index (κ1) is 16.6. The maximum Gasteiger partial charge on any atom is 0.332 e. The molecule has 0 radical (unpaired) electrons. The first-order chi connectivity index (χ1) is 12.5. The molecule has 9 nitrogen and oxygen atoms in total. The molecule has 2 aromatic heterocycles. The van der Waals surface area contributed by atoms with Crippen LogP contribution in [0.4, 0.5) is 5.82 Å². The van der Waals surface area contributed by atoms with E-state index >= 15 is 0 Å². The van der Waals surface area contributed by atoms with Crippen LogP contribution in [0.15, 0.2) is 15.9 Å². The van der Waals surface area contributed by atoms with Crippen molar-refractivity contribution in [1.82, 2.24) is 23.9 Å². The minimum atomic E-state index is -0.547. The second-order valence-corrected chi connectivity index (χ2v) is 7.13. The van der Waals surface area contributed by atoms with Crippen LogP contribution in [0.3, 0.4) is 0 Å². The third kappa shape index (κ3) is 2.53. The van der Waals surface area contributed by atoms with Crippen molar-refractivity contribution in [3.05, 3.63) is 38.6 Å². The second-order valence-electron chi connectivity index (χ2n) is 7.13. The van der Waals surface area contributed by atoms with Crippen LogP contribution in [-0.4, -0.2) is 37.0 Å². The molecule has 0 bridgehead atoms. The van der Waals surface area contributed by atoms with Crippen molar-refractivity contribution in [1.29, 1.82) is 5.26 Å². The van der Waals surface area contributed by atoms with E-state index in [1.165, 1.54) is 11.6 Å². The van der Waals surface area contributed by atoms with Crippen LogP contribution in [0.5, 0.6) is 0 Å². The summed E-state index contributed by atoms with van der Waals surface area (Å²) in [5.74, 6) is 1.53. The van der Waals surface area contributed by atoms with Crippen LogP contribution in [-0.2, 0) is 14.1 Å². The Morgan fingerprint density at radius 3 is 2.65 bits per heavy atom. The molecule has 1 saturated carbocycles. The van der Waals surface area contributed by atoms with E-state index in [0.717, 1.165) is 36.1 Å². The standard InChI is InChI=1S/C17H21N7O2/c1-21-15(13(8-18)16(25)22(2)17(21)26)23-7-3-4-11(9-23)14-20-19-10-24(14)12-5-6-12/h10-12H,3-7,9H2,1-2H3. The summed E-state index contributed by atoms with van der Waals surface area (Å²) in [6.45, 7) is 1.31. The lowest BCUT2D eigenvalue weighted by Crippen LogP contribution is -2.45. The second kappa shape index (κ2) is 6.12. The molecule has 9 heteroatoms. The van der Waals surface area contributed by atoms with E-state index in [2.05, 4.69) is 14.8 Å². The minimum absolute atomic E-state index is 0.0129. The zero-order valence-electron chi connectivity index (χ0n) is 14.9. The Balaban J connectivity index is 1.73. The largest absolute Gasteiger partial charge is 0.356 e. The van der Waals surface area contributed by atoms with E-state index in [1.54, 1.807) is 13.4 Å². The Labute approximate surface area is 150 Å². The van der Waals surface area contributed by atoms with Gasteiger partial charge < -0.3 is 9.47 Å². The first-order valence-electron chi connectivity index (χ1n) is 8.87. The highest BCUT2D eigenvalue weighted by atomic mass is 16.2. The summed E-state index contributed by atoms with van der Waals surface area (Å²) in [5, 5.41) is 17.9. The number of nitrogens with zero attached hydrogens (tertiary/aromatic N) is 7. The quantitative estimate of drug-likeness (QED) is 0.783. The fourth-order valence-corrected chi connectivity index (χ4v) is 3.86. The number of aromatic nitrogens is 5. The molecular weight excluding hydrogens is 334 g/mol. The van der Waals surface area contributed by atoms with Gasteiger partial charge in [-0.05, 0) is 25.7 Å². The lowest BCUT2D eigenvalue weighted by atomic mass is 9.96. The van der Waals surface area contributed by atoms with Gasteiger partial charge in [-0.3, -0.25) is 13.9 Å². The van der Waals surface area contributed by atoms with E-state index < -0.39 is 11.2 Å². The summed E-state index contributed by atoms with van der Waals surface area (Å²) in [6, 6.07) is 2.49. The van der Waals surface area contributed by atoms with Crippen molar-refractivity contribution in [2.45, 2.75) is 37.6 Å². The van der Waals surface area contributed by atoms with Crippen molar-refractivity contribution < 1.29 is 0 Å². The molecule has 1 atom stereocenters. The molecule has 2 aromatic rings. The molecule has 4 rings (SSSR count). The van der Waals surface area contributed by atoms with Crippen molar-refractivity contribution in [3.63, 3.8) is 0 Å². The smallest absolute Gasteiger partial charge is 0.332 e. The molecule has 2 fully saturated rings. The third-order valence-electron chi connectivity index (χ3n) is 5.37. The van der Waals surface area contributed by atoms with E-state index in [1.807, 2.05) is 11.0 Å². The van der Waals surface area contributed by atoms with E-state index in [0.29, 0.717) is 24.9 Å². The summed E-state index contributed by atoms with van der Waals surface area (Å²) in [4.78, 5) is 26.7. The van der Waals surface area contributed by atoms with Gasteiger partial charge in [0.05, 0.1) is 0 Å². The lowest BCUT2D eigenvalue weighted by Gasteiger charge is -2.35. The summed E-state index contributed by atoms with van der Waals surface area (Å²) < 4.78 is 4.53. The fraction of sp³-hybridized carbons (Fsp3) is 0.588. The van der Waals surface area contributed by atoms with Gasteiger partial charge in [0.2, 0.25) is 0 Å². The third-order valence-corrected chi connectivity index (χ3v) is 5.37. The number of hydrogen-bond acceptors (Lipinski definition) is 6. The Kier molecular flexibility index (Phi) is 3.90. The average molecular weight is 355 g/mol. The maximum absolute atomic E-state index is 12.4. The molecule has 1 aliphatic heterocycles.